The number of pyridine rings is 1. The molecule has 0 bridgehead atoms. The molecule has 37 heavy (non-hydrogen) atoms. The lowest BCUT2D eigenvalue weighted by Crippen LogP contribution is -2.47. The van der Waals surface area contributed by atoms with Crippen LogP contribution in [-0.4, -0.2) is 86.7 Å². The number of nitrogens with zero attached hydrogens (tertiary/aromatic N) is 5. The Hall–Kier alpha value is -4.02. The molecule has 1 atom stereocenters. The Kier molecular flexibility index (Phi) is 7.29. The van der Waals surface area contributed by atoms with Crippen LogP contribution in [0.5, 0.6) is 5.75 Å². The van der Waals surface area contributed by atoms with E-state index in [-0.39, 0.29) is 12.5 Å². The molecule has 0 unspecified atom stereocenters. The number of aromatic amines is 1. The highest BCUT2D eigenvalue weighted by atomic mass is 16.5. The number of aromatic nitrogens is 4. The molecule has 1 aliphatic heterocycles. The average molecular weight is 502 g/mol. The SMILES string of the molecule is CC[C@@H](O)COc1ccnc(-c2ccnc(Nc3ccc4[nH]c(C(=O)N5CCN(C)CC5)cc4c3)n2)c1. The average Bonchev–Trinajstić information content (AvgIpc) is 3.35. The first-order valence-corrected chi connectivity index (χ1v) is 12.5. The number of carbonyl (C=O) groups excluding carboxylic acids is 1. The van der Waals surface area contributed by atoms with Crippen LogP contribution in [0.25, 0.3) is 22.3 Å². The van der Waals surface area contributed by atoms with Gasteiger partial charge < -0.3 is 29.9 Å². The number of likely N-dealkylation sites (N-methyl/N-ethyl adjacent to an activating group) is 1. The van der Waals surface area contributed by atoms with E-state index in [0.717, 1.165) is 42.8 Å². The minimum Gasteiger partial charge on any atom is -0.491 e. The smallest absolute Gasteiger partial charge is 0.270 e. The van der Waals surface area contributed by atoms with Crippen LogP contribution in [-0.2, 0) is 0 Å². The first kappa shape index (κ1) is 24.7. The molecule has 0 saturated carbocycles. The molecule has 3 N–H and O–H groups in total. The first-order valence-electron chi connectivity index (χ1n) is 12.5. The normalized spacial score (nSPS) is 15.1. The van der Waals surface area contributed by atoms with Crippen molar-refractivity contribution in [3.8, 4) is 17.1 Å². The van der Waals surface area contributed by atoms with Crippen LogP contribution in [0.1, 0.15) is 23.8 Å². The second-order valence-electron chi connectivity index (χ2n) is 9.22. The Morgan fingerprint density at radius 2 is 1.89 bits per heavy atom. The first-order chi connectivity index (χ1) is 18.0. The molecular weight excluding hydrogens is 470 g/mol. The van der Waals surface area contributed by atoms with Crippen molar-refractivity contribution in [1.82, 2.24) is 29.7 Å². The number of nitrogens with one attached hydrogen (secondary N) is 2. The fraction of sp³-hybridized carbons (Fsp3) is 0.333. The van der Waals surface area contributed by atoms with Gasteiger partial charge in [0.1, 0.15) is 18.1 Å². The number of benzene rings is 1. The van der Waals surface area contributed by atoms with E-state index in [1.54, 1.807) is 30.6 Å². The lowest BCUT2D eigenvalue weighted by molar-refractivity contribution is 0.0659. The van der Waals surface area contributed by atoms with Gasteiger partial charge in [0.05, 0.1) is 17.5 Å². The van der Waals surface area contributed by atoms with E-state index in [1.165, 1.54) is 0 Å². The van der Waals surface area contributed by atoms with Gasteiger partial charge in [-0.1, -0.05) is 6.92 Å². The highest BCUT2D eigenvalue weighted by molar-refractivity contribution is 5.98. The number of fused-ring (bicyclic) bond motifs is 1. The number of aliphatic hydroxyl groups is 1. The maximum absolute atomic E-state index is 13.0. The molecule has 1 fully saturated rings. The van der Waals surface area contributed by atoms with Gasteiger partial charge in [-0.05, 0) is 49.9 Å². The number of hydrogen-bond donors (Lipinski definition) is 3. The molecule has 10 nitrogen and oxygen atoms in total. The lowest BCUT2D eigenvalue weighted by atomic mass is 10.2. The van der Waals surface area contributed by atoms with Crippen molar-refractivity contribution in [1.29, 1.82) is 0 Å². The van der Waals surface area contributed by atoms with Crippen molar-refractivity contribution >= 4 is 28.4 Å². The molecule has 1 saturated heterocycles. The number of carbonyl (C=O) groups is 1. The van der Waals surface area contributed by atoms with E-state index in [0.29, 0.717) is 35.2 Å². The topological polar surface area (TPSA) is 119 Å². The molecule has 0 spiro atoms. The van der Waals surface area contributed by atoms with Gasteiger partial charge in [-0.25, -0.2) is 9.97 Å². The number of aliphatic hydroxyl groups excluding tert-OH is 1. The maximum Gasteiger partial charge on any atom is 0.270 e. The van der Waals surface area contributed by atoms with Crippen molar-refractivity contribution in [2.75, 3.05) is 45.2 Å². The predicted octanol–water partition coefficient (Wildman–Crippen LogP) is 3.30. The summed E-state index contributed by atoms with van der Waals surface area (Å²) in [6, 6.07) is 13.0. The molecule has 1 amide bonds. The molecule has 10 heteroatoms. The third-order valence-electron chi connectivity index (χ3n) is 6.46. The number of amides is 1. The van der Waals surface area contributed by atoms with Gasteiger partial charge in [0.2, 0.25) is 5.95 Å². The van der Waals surface area contributed by atoms with Crippen molar-refractivity contribution in [3.05, 3.63) is 60.6 Å². The largest absolute Gasteiger partial charge is 0.491 e. The summed E-state index contributed by atoms with van der Waals surface area (Å²) in [7, 11) is 2.07. The monoisotopic (exact) mass is 501 g/mol. The van der Waals surface area contributed by atoms with Crippen molar-refractivity contribution < 1.29 is 14.6 Å². The van der Waals surface area contributed by atoms with Crippen molar-refractivity contribution in [2.24, 2.45) is 0 Å². The zero-order valence-electron chi connectivity index (χ0n) is 21.0. The molecule has 4 aromatic rings. The Bertz CT molecular complexity index is 1380. The number of rotatable bonds is 8. The summed E-state index contributed by atoms with van der Waals surface area (Å²) in [4.78, 5) is 33.7. The van der Waals surface area contributed by atoms with Gasteiger partial charge in [-0.15, -0.1) is 0 Å². The standard InChI is InChI=1S/C27H31N7O3/c1-3-20(35)17-37-21-6-8-28-24(16-21)23-7-9-29-27(32-23)30-19-4-5-22-18(14-19)15-25(31-22)26(36)34-12-10-33(2)11-13-34/h4-9,14-16,20,31,35H,3,10-13,17H2,1-2H3,(H,29,30,32)/t20-/m1/s1. The van der Waals surface area contributed by atoms with Crippen LogP contribution in [0.4, 0.5) is 11.6 Å². The van der Waals surface area contributed by atoms with E-state index in [4.69, 9.17) is 4.74 Å². The van der Waals surface area contributed by atoms with E-state index in [1.807, 2.05) is 36.1 Å². The van der Waals surface area contributed by atoms with Crippen LogP contribution in [0.15, 0.2) is 54.9 Å². The number of piperazine rings is 1. The third kappa shape index (κ3) is 5.87. The Morgan fingerprint density at radius 1 is 1.08 bits per heavy atom. The molecule has 3 aromatic heterocycles. The van der Waals surface area contributed by atoms with E-state index < -0.39 is 6.10 Å². The summed E-state index contributed by atoms with van der Waals surface area (Å²) in [6.45, 7) is 5.36. The Labute approximate surface area is 215 Å². The molecule has 5 rings (SSSR count). The van der Waals surface area contributed by atoms with Gasteiger partial charge in [-0.2, -0.15) is 0 Å². The molecule has 0 radical (unpaired) electrons. The molecule has 4 heterocycles. The number of ether oxygens (including phenoxy) is 1. The number of hydrogen-bond acceptors (Lipinski definition) is 8. The number of H-pyrrole nitrogens is 1. The Balaban J connectivity index is 1.30. The molecule has 1 aromatic carbocycles. The molecule has 0 aliphatic carbocycles. The van der Waals surface area contributed by atoms with E-state index in [2.05, 4.69) is 37.2 Å². The fourth-order valence-corrected chi connectivity index (χ4v) is 4.15. The predicted molar refractivity (Wildman–Crippen MR) is 142 cm³/mol. The third-order valence-corrected chi connectivity index (χ3v) is 6.46. The van der Waals surface area contributed by atoms with E-state index in [9.17, 15) is 9.90 Å². The maximum atomic E-state index is 13.0. The van der Waals surface area contributed by atoms with Gasteiger partial charge >= 0.3 is 0 Å². The van der Waals surface area contributed by atoms with Crippen molar-refractivity contribution in [2.45, 2.75) is 19.4 Å². The van der Waals surface area contributed by atoms with Crippen LogP contribution in [0.2, 0.25) is 0 Å². The fourth-order valence-electron chi connectivity index (χ4n) is 4.15. The lowest BCUT2D eigenvalue weighted by Gasteiger charge is -2.32. The van der Waals surface area contributed by atoms with Gasteiger partial charge in [0, 0.05) is 61.2 Å². The van der Waals surface area contributed by atoms with Gasteiger partial charge in [0.15, 0.2) is 0 Å². The van der Waals surface area contributed by atoms with Crippen molar-refractivity contribution in [3.63, 3.8) is 0 Å². The zero-order chi connectivity index (χ0) is 25.8. The summed E-state index contributed by atoms with van der Waals surface area (Å²) in [5.74, 6) is 1.07. The summed E-state index contributed by atoms with van der Waals surface area (Å²) in [5.41, 5.74) is 3.58. The molecule has 192 valence electrons. The summed E-state index contributed by atoms with van der Waals surface area (Å²) in [6.07, 6.45) is 3.44. The van der Waals surface area contributed by atoms with Crippen LogP contribution < -0.4 is 10.1 Å². The summed E-state index contributed by atoms with van der Waals surface area (Å²) < 4.78 is 5.67. The van der Waals surface area contributed by atoms with Crippen LogP contribution in [0.3, 0.4) is 0 Å². The molecular formula is C27H31N7O3. The minimum atomic E-state index is -0.509. The van der Waals surface area contributed by atoms with Gasteiger partial charge in [0.25, 0.3) is 5.91 Å². The minimum absolute atomic E-state index is 0.0257. The Morgan fingerprint density at radius 3 is 2.70 bits per heavy atom. The highest BCUT2D eigenvalue weighted by Gasteiger charge is 2.21. The highest BCUT2D eigenvalue weighted by Crippen LogP contribution is 2.25. The quantitative estimate of drug-likeness (QED) is 0.337. The summed E-state index contributed by atoms with van der Waals surface area (Å²) in [5, 5.41) is 13.9. The van der Waals surface area contributed by atoms with E-state index >= 15 is 0 Å². The molecule has 1 aliphatic rings. The van der Waals surface area contributed by atoms with Gasteiger partial charge in [-0.3, -0.25) is 9.78 Å². The second-order valence-corrected chi connectivity index (χ2v) is 9.22. The van der Waals surface area contributed by atoms with Crippen LogP contribution in [0, 0.1) is 0 Å². The summed E-state index contributed by atoms with van der Waals surface area (Å²) >= 11 is 0. The van der Waals surface area contributed by atoms with Crippen LogP contribution >= 0.6 is 0 Å². The zero-order valence-corrected chi connectivity index (χ0v) is 21.0. The number of anilines is 2. The second kappa shape index (κ2) is 10.9.